The number of carbonyl (C=O) groups is 4. The summed E-state index contributed by atoms with van der Waals surface area (Å²) in [7, 11) is 0. The minimum atomic E-state index is -1.12. The van der Waals surface area contributed by atoms with Crippen molar-refractivity contribution in [1.82, 2.24) is 5.32 Å². The number of carboxylic acid groups (broad SMARTS) is 1. The van der Waals surface area contributed by atoms with E-state index in [2.05, 4.69) is 5.32 Å². The Balaban J connectivity index is 2.88. The van der Waals surface area contributed by atoms with E-state index in [0.717, 1.165) is 0 Å². The van der Waals surface area contributed by atoms with Crippen molar-refractivity contribution in [2.75, 3.05) is 6.54 Å². The van der Waals surface area contributed by atoms with E-state index in [9.17, 15) is 24.3 Å². The number of benzene rings is 1. The molecular formula is C23H33NO9. The Hall–Kier alpha value is -3.14. The predicted octanol–water partition coefficient (Wildman–Crippen LogP) is 3.24. The van der Waals surface area contributed by atoms with Crippen LogP contribution in [0.15, 0.2) is 18.2 Å². The Labute approximate surface area is 193 Å². The minimum Gasteiger partial charge on any atom is -0.480 e. The molecule has 0 amide bonds. The fraction of sp³-hybridized carbons (Fsp3) is 0.565. The normalized spacial score (nSPS) is 12.9. The van der Waals surface area contributed by atoms with E-state index in [0.29, 0.717) is 5.56 Å². The molecule has 1 aromatic carbocycles. The Morgan fingerprint density at radius 2 is 1.58 bits per heavy atom. The molecule has 2 N–H and O–H groups in total. The molecule has 0 heterocycles. The molecule has 10 heteroatoms. The van der Waals surface area contributed by atoms with Crippen molar-refractivity contribution < 1.29 is 43.2 Å². The maximum atomic E-state index is 11.8. The number of carboxylic acids is 1. The van der Waals surface area contributed by atoms with Gasteiger partial charge in [0.15, 0.2) is 11.5 Å². The monoisotopic (exact) mass is 467 g/mol. The van der Waals surface area contributed by atoms with Crippen LogP contribution in [0, 0.1) is 0 Å². The van der Waals surface area contributed by atoms with Crippen LogP contribution in [0.25, 0.3) is 0 Å². The summed E-state index contributed by atoms with van der Waals surface area (Å²) in [4.78, 5) is 46.9. The second kappa shape index (κ2) is 12.8. The summed E-state index contributed by atoms with van der Waals surface area (Å²) < 4.78 is 20.6. The summed E-state index contributed by atoms with van der Waals surface area (Å²) >= 11 is 0. The molecule has 33 heavy (non-hydrogen) atoms. The third kappa shape index (κ3) is 10.8. The SMILES string of the molecule is CCC(=O)Oc1ccc(C[C@H](NCC(C)OC(=O)OC(C)(C)C)C(=O)O)cc1OC(=O)CC. The number of aliphatic carboxylic acids is 1. The van der Waals surface area contributed by atoms with Gasteiger partial charge in [-0.05, 0) is 51.8 Å². The summed E-state index contributed by atoms with van der Waals surface area (Å²) in [5.41, 5.74) is -0.171. The first-order valence-electron chi connectivity index (χ1n) is 10.7. The van der Waals surface area contributed by atoms with Crippen LogP contribution in [-0.2, 0) is 30.3 Å². The van der Waals surface area contributed by atoms with Crippen molar-refractivity contribution in [1.29, 1.82) is 0 Å². The molecule has 0 aromatic heterocycles. The molecule has 184 valence electrons. The van der Waals surface area contributed by atoms with E-state index >= 15 is 0 Å². The molecule has 0 fully saturated rings. The molecule has 0 saturated heterocycles. The number of carbonyl (C=O) groups excluding carboxylic acids is 3. The van der Waals surface area contributed by atoms with Crippen LogP contribution in [0.2, 0.25) is 0 Å². The van der Waals surface area contributed by atoms with Gasteiger partial charge in [0.25, 0.3) is 0 Å². The van der Waals surface area contributed by atoms with E-state index in [-0.39, 0.29) is 37.3 Å². The lowest BCUT2D eigenvalue weighted by molar-refractivity contribution is -0.139. The maximum Gasteiger partial charge on any atom is 0.509 e. The zero-order valence-electron chi connectivity index (χ0n) is 19.9. The van der Waals surface area contributed by atoms with Gasteiger partial charge < -0.3 is 29.4 Å². The number of ether oxygens (including phenoxy) is 4. The molecule has 0 aliphatic heterocycles. The fourth-order valence-corrected chi connectivity index (χ4v) is 2.50. The van der Waals surface area contributed by atoms with E-state index in [1.54, 1.807) is 47.6 Å². The van der Waals surface area contributed by atoms with Gasteiger partial charge in [0.05, 0.1) is 0 Å². The van der Waals surface area contributed by atoms with Crippen LogP contribution < -0.4 is 14.8 Å². The zero-order valence-corrected chi connectivity index (χ0v) is 19.9. The highest BCUT2D eigenvalue weighted by molar-refractivity contribution is 5.76. The molecule has 1 rings (SSSR count). The second-order valence-corrected chi connectivity index (χ2v) is 8.33. The van der Waals surface area contributed by atoms with E-state index in [4.69, 9.17) is 18.9 Å². The Kier molecular flexibility index (Phi) is 10.8. The van der Waals surface area contributed by atoms with Crippen molar-refractivity contribution in [3.8, 4) is 11.5 Å². The van der Waals surface area contributed by atoms with Crippen molar-refractivity contribution in [3.63, 3.8) is 0 Å². The van der Waals surface area contributed by atoms with Crippen LogP contribution in [0.3, 0.4) is 0 Å². The van der Waals surface area contributed by atoms with Gasteiger partial charge in [0.1, 0.15) is 17.7 Å². The number of hydrogen-bond acceptors (Lipinski definition) is 9. The molecule has 0 saturated carbocycles. The number of esters is 2. The van der Waals surface area contributed by atoms with Gasteiger partial charge in [0, 0.05) is 19.4 Å². The number of rotatable bonds is 11. The molecule has 1 unspecified atom stereocenters. The topological polar surface area (TPSA) is 137 Å². The summed E-state index contributed by atoms with van der Waals surface area (Å²) in [6.07, 6.45) is -1.20. The Morgan fingerprint density at radius 3 is 2.09 bits per heavy atom. The molecule has 0 spiro atoms. The molecule has 1 aromatic rings. The standard InChI is InChI=1S/C23H33NO9/c1-7-19(25)31-17-10-9-15(12-18(17)32-20(26)8-2)11-16(21(27)28)24-13-14(3)30-22(29)33-23(4,5)6/h9-10,12,14,16,24H,7-8,11,13H2,1-6H3,(H,27,28)/t14?,16-/m0/s1. The largest absolute Gasteiger partial charge is 0.509 e. The van der Waals surface area contributed by atoms with Crippen molar-refractivity contribution in [2.45, 2.75) is 78.6 Å². The highest BCUT2D eigenvalue weighted by Gasteiger charge is 2.23. The van der Waals surface area contributed by atoms with E-state index < -0.39 is 41.8 Å². The van der Waals surface area contributed by atoms with E-state index in [1.807, 2.05) is 0 Å². The molecule has 0 aliphatic rings. The molecular weight excluding hydrogens is 434 g/mol. The smallest absolute Gasteiger partial charge is 0.480 e. The van der Waals surface area contributed by atoms with Gasteiger partial charge in [0.2, 0.25) is 0 Å². The third-order valence-electron chi connectivity index (χ3n) is 4.11. The van der Waals surface area contributed by atoms with E-state index in [1.165, 1.54) is 12.1 Å². The zero-order chi connectivity index (χ0) is 25.2. The van der Waals surface area contributed by atoms with Crippen molar-refractivity contribution >= 4 is 24.1 Å². The second-order valence-electron chi connectivity index (χ2n) is 8.33. The lowest BCUT2D eigenvalue weighted by atomic mass is 10.0. The summed E-state index contributed by atoms with van der Waals surface area (Å²) in [5, 5.41) is 12.4. The molecule has 0 bridgehead atoms. The highest BCUT2D eigenvalue weighted by atomic mass is 16.7. The first kappa shape index (κ1) is 27.9. The Bertz CT molecular complexity index is 845. The van der Waals surface area contributed by atoms with Crippen molar-refractivity contribution in [2.24, 2.45) is 0 Å². The van der Waals surface area contributed by atoms with Crippen LogP contribution in [0.4, 0.5) is 4.79 Å². The minimum absolute atomic E-state index is 0.0342. The molecule has 0 radical (unpaired) electrons. The number of hydrogen-bond donors (Lipinski definition) is 2. The summed E-state index contributed by atoms with van der Waals surface area (Å²) in [5.74, 6) is -2.03. The molecule has 0 aliphatic carbocycles. The molecule has 2 atom stereocenters. The molecule has 10 nitrogen and oxygen atoms in total. The summed E-state index contributed by atoms with van der Waals surface area (Å²) in [6, 6.07) is 3.48. The van der Waals surface area contributed by atoms with Crippen LogP contribution in [-0.4, -0.2) is 53.5 Å². The average molecular weight is 468 g/mol. The summed E-state index contributed by atoms with van der Waals surface area (Å²) in [6.45, 7) is 10.0. The lowest BCUT2D eigenvalue weighted by Crippen LogP contribution is -2.43. The van der Waals surface area contributed by atoms with Crippen LogP contribution in [0.1, 0.15) is 59.9 Å². The first-order valence-corrected chi connectivity index (χ1v) is 10.7. The average Bonchev–Trinajstić information content (AvgIpc) is 2.70. The number of nitrogens with one attached hydrogen (secondary N) is 1. The van der Waals surface area contributed by atoms with Crippen molar-refractivity contribution in [3.05, 3.63) is 23.8 Å². The van der Waals surface area contributed by atoms with Crippen LogP contribution in [0.5, 0.6) is 11.5 Å². The Morgan fingerprint density at radius 1 is 1.00 bits per heavy atom. The van der Waals surface area contributed by atoms with Gasteiger partial charge >= 0.3 is 24.1 Å². The fourth-order valence-electron chi connectivity index (χ4n) is 2.50. The van der Waals surface area contributed by atoms with Gasteiger partial charge in [-0.3, -0.25) is 14.4 Å². The first-order chi connectivity index (χ1) is 15.3. The highest BCUT2D eigenvalue weighted by Crippen LogP contribution is 2.30. The van der Waals surface area contributed by atoms with Crippen LogP contribution >= 0.6 is 0 Å². The third-order valence-corrected chi connectivity index (χ3v) is 4.11. The predicted molar refractivity (Wildman–Crippen MR) is 118 cm³/mol. The van der Waals surface area contributed by atoms with Gasteiger partial charge in [-0.25, -0.2) is 4.79 Å². The quantitative estimate of drug-likeness (QED) is 0.368. The lowest BCUT2D eigenvalue weighted by Gasteiger charge is -2.22. The van der Waals surface area contributed by atoms with Gasteiger partial charge in [-0.15, -0.1) is 0 Å². The van der Waals surface area contributed by atoms with Gasteiger partial charge in [-0.1, -0.05) is 19.9 Å². The van der Waals surface area contributed by atoms with Gasteiger partial charge in [-0.2, -0.15) is 0 Å². The maximum absolute atomic E-state index is 11.8.